The van der Waals surface area contributed by atoms with Crippen LogP contribution >= 0.6 is 23.1 Å². The lowest BCUT2D eigenvalue weighted by Gasteiger charge is -2.10. The minimum atomic E-state index is 0.0783. The van der Waals surface area contributed by atoms with E-state index in [2.05, 4.69) is 22.5 Å². The van der Waals surface area contributed by atoms with Crippen LogP contribution in [0.4, 0.5) is 0 Å². The summed E-state index contributed by atoms with van der Waals surface area (Å²) in [6, 6.07) is 15.8. The van der Waals surface area contributed by atoms with Gasteiger partial charge in [0.2, 0.25) is 5.43 Å². The van der Waals surface area contributed by atoms with Crippen LogP contribution in [0.2, 0.25) is 0 Å². The Balaban J connectivity index is 1.85. The average molecular weight is 338 g/mol. The highest BCUT2D eigenvalue weighted by molar-refractivity contribution is 8.01. The van der Waals surface area contributed by atoms with E-state index in [9.17, 15) is 4.79 Å². The summed E-state index contributed by atoms with van der Waals surface area (Å²) in [4.78, 5) is 18.1. The highest BCUT2D eigenvalue weighted by atomic mass is 32.2. The second-order valence-electron chi connectivity index (χ2n) is 5.18. The van der Waals surface area contributed by atoms with Gasteiger partial charge in [0.25, 0.3) is 0 Å². The third kappa shape index (κ3) is 2.56. The minimum Gasteiger partial charge on any atom is -0.346 e. The van der Waals surface area contributed by atoms with Crippen LogP contribution in [0.1, 0.15) is 6.92 Å². The molecule has 114 valence electrons. The maximum absolute atomic E-state index is 12.8. The number of aromatic nitrogens is 2. The first-order valence-corrected chi connectivity index (χ1v) is 9.05. The molecule has 0 N–H and O–H groups in total. The average Bonchev–Trinajstić information content (AvgIpc) is 3.00. The number of nitrogens with zero attached hydrogens (tertiary/aromatic N) is 2. The predicted molar refractivity (Wildman–Crippen MR) is 97.6 cm³/mol. The molecule has 0 saturated heterocycles. The number of thiazole rings is 1. The molecule has 5 heteroatoms. The van der Waals surface area contributed by atoms with Crippen molar-refractivity contribution in [1.82, 2.24) is 9.55 Å². The number of pyridine rings is 1. The Bertz CT molecular complexity index is 1030. The van der Waals surface area contributed by atoms with Crippen molar-refractivity contribution >= 4 is 44.2 Å². The quantitative estimate of drug-likeness (QED) is 0.539. The van der Waals surface area contributed by atoms with Gasteiger partial charge in [-0.05, 0) is 31.2 Å². The molecular formula is C18H14N2OS2. The van der Waals surface area contributed by atoms with Crippen molar-refractivity contribution in [3.63, 3.8) is 0 Å². The number of rotatable bonds is 3. The molecule has 0 atom stereocenters. The first-order valence-electron chi connectivity index (χ1n) is 7.42. The largest absolute Gasteiger partial charge is 0.346 e. The zero-order valence-corrected chi connectivity index (χ0v) is 14.2. The van der Waals surface area contributed by atoms with Crippen LogP contribution < -0.4 is 5.43 Å². The molecule has 0 spiro atoms. The molecule has 2 heterocycles. The van der Waals surface area contributed by atoms with Crippen molar-refractivity contribution in [2.75, 3.05) is 0 Å². The van der Waals surface area contributed by atoms with Gasteiger partial charge < -0.3 is 4.57 Å². The van der Waals surface area contributed by atoms with Gasteiger partial charge in [0.15, 0.2) is 4.34 Å². The third-order valence-electron chi connectivity index (χ3n) is 3.77. The van der Waals surface area contributed by atoms with Gasteiger partial charge in [0, 0.05) is 18.1 Å². The molecule has 0 fully saturated rings. The van der Waals surface area contributed by atoms with Crippen molar-refractivity contribution in [2.24, 2.45) is 0 Å². The Morgan fingerprint density at radius 3 is 2.74 bits per heavy atom. The van der Waals surface area contributed by atoms with Crippen LogP contribution in [-0.4, -0.2) is 9.55 Å². The van der Waals surface area contributed by atoms with E-state index in [1.165, 1.54) is 11.8 Å². The molecule has 2 aromatic carbocycles. The van der Waals surface area contributed by atoms with E-state index in [-0.39, 0.29) is 5.43 Å². The second kappa shape index (κ2) is 5.83. The van der Waals surface area contributed by atoms with Gasteiger partial charge in [0.05, 0.1) is 20.6 Å². The SMILES string of the molecule is CCn1cc(Sc2nc3ccccc3s2)c(=O)c2ccccc21. The summed E-state index contributed by atoms with van der Waals surface area (Å²) in [6.45, 7) is 2.91. The fraction of sp³-hybridized carbons (Fsp3) is 0.111. The van der Waals surface area contributed by atoms with Crippen LogP contribution in [0.25, 0.3) is 21.1 Å². The smallest absolute Gasteiger partial charge is 0.203 e. The van der Waals surface area contributed by atoms with E-state index in [1.807, 2.05) is 48.7 Å². The Morgan fingerprint density at radius 1 is 1.13 bits per heavy atom. The first kappa shape index (κ1) is 14.5. The zero-order valence-electron chi connectivity index (χ0n) is 12.5. The lowest BCUT2D eigenvalue weighted by atomic mass is 10.2. The van der Waals surface area contributed by atoms with Crippen molar-refractivity contribution in [3.05, 3.63) is 65.0 Å². The first-order chi connectivity index (χ1) is 11.3. The predicted octanol–water partition coefficient (Wildman–Crippen LogP) is 4.78. The summed E-state index contributed by atoms with van der Waals surface area (Å²) in [6.07, 6.45) is 1.95. The maximum Gasteiger partial charge on any atom is 0.203 e. The van der Waals surface area contributed by atoms with Crippen molar-refractivity contribution in [1.29, 1.82) is 0 Å². The number of benzene rings is 2. The molecule has 3 nitrogen and oxygen atoms in total. The number of para-hydroxylation sites is 2. The van der Waals surface area contributed by atoms with Gasteiger partial charge in [-0.1, -0.05) is 36.0 Å². The normalized spacial score (nSPS) is 11.3. The number of hydrogen-bond acceptors (Lipinski definition) is 4. The van der Waals surface area contributed by atoms with Crippen molar-refractivity contribution in [3.8, 4) is 0 Å². The number of aryl methyl sites for hydroxylation is 1. The van der Waals surface area contributed by atoms with Gasteiger partial charge in [-0.25, -0.2) is 4.98 Å². The number of fused-ring (bicyclic) bond motifs is 2. The molecular weight excluding hydrogens is 324 g/mol. The van der Waals surface area contributed by atoms with E-state index in [0.29, 0.717) is 0 Å². The standard InChI is InChI=1S/C18H14N2OS2/c1-2-20-11-16(17(21)12-7-3-5-9-14(12)20)23-18-19-13-8-4-6-10-15(13)22-18/h3-11H,2H2,1H3. The van der Waals surface area contributed by atoms with E-state index in [4.69, 9.17) is 0 Å². The molecule has 0 aliphatic rings. The Morgan fingerprint density at radius 2 is 1.91 bits per heavy atom. The van der Waals surface area contributed by atoms with Gasteiger partial charge in [-0.2, -0.15) is 0 Å². The molecule has 0 amide bonds. The van der Waals surface area contributed by atoms with E-state index < -0.39 is 0 Å². The fourth-order valence-corrected chi connectivity index (χ4v) is 4.76. The van der Waals surface area contributed by atoms with Gasteiger partial charge in [-0.3, -0.25) is 4.79 Å². The topological polar surface area (TPSA) is 34.9 Å². The van der Waals surface area contributed by atoms with Crippen LogP contribution in [-0.2, 0) is 6.54 Å². The molecule has 23 heavy (non-hydrogen) atoms. The molecule has 0 aliphatic heterocycles. The summed E-state index contributed by atoms with van der Waals surface area (Å²) >= 11 is 3.08. The van der Waals surface area contributed by atoms with Gasteiger partial charge in [0.1, 0.15) is 0 Å². The molecule has 4 rings (SSSR count). The molecule has 0 aliphatic carbocycles. The summed E-state index contributed by atoms with van der Waals surface area (Å²) < 4.78 is 4.17. The Labute approximate surface area is 141 Å². The second-order valence-corrected chi connectivity index (χ2v) is 7.49. The molecule has 0 saturated carbocycles. The van der Waals surface area contributed by atoms with E-state index in [1.54, 1.807) is 11.3 Å². The van der Waals surface area contributed by atoms with Crippen LogP contribution in [0, 0.1) is 0 Å². The summed E-state index contributed by atoms with van der Waals surface area (Å²) in [5, 5.41) is 0.764. The van der Waals surface area contributed by atoms with E-state index in [0.717, 1.165) is 36.9 Å². The molecule has 0 radical (unpaired) electrons. The fourth-order valence-electron chi connectivity index (χ4n) is 2.64. The monoisotopic (exact) mass is 338 g/mol. The van der Waals surface area contributed by atoms with Crippen LogP contribution in [0.3, 0.4) is 0 Å². The van der Waals surface area contributed by atoms with Crippen LogP contribution in [0.15, 0.2) is 68.8 Å². The maximum atomic E-state index is 12.8. The molecule has 2 aromatic heterocycles. The molecule has 0 bridgehead atoms. The number of hydrogen-bond donors (Lipinski definition) is 0. The molecule has 4 aromatic rings. The zero-order chi connectivity index (χ0) is 15.8. The summed E-state index contributed by atoms with van der Waals surface area (Å²) in [5.41, 5.74) is 2.04. The lowest BCUT2D eigenvalue weighted by molar-refractivity contribution is 0.775. The summed E-state index contributed by atoms with van der Waals surface area (Å²) in [7, 11) is 0. The highest BCUT2D eigenvalue weighted by Crippen LogP contribution is 2.33. The summed E-state index contributed by atoms with van der Waals surface area (Å²) in [5.74, 6) is 0. The molecule has 0 unspecified atom stereocenters. The van der Waals surface area contributed by atoms with E-state index >= 15 is 0 Å². The Hall–Kier alpha value is -2.11. The van der Waals surface area contributed by atoms with Crippen molar-refractivity contribution in [2.45, 2.75) is 22.7 Å². The van der Waals surface area contributed by atoms with Crippen molar-refractivity contribution < 1.29 is 0 Å². The van der Waals surface area contributed by atoms with Gasteiger partial charge in [-0.15, -0.1) is 11.3 Å². The van der Waals surface area contributed by atoms with Gasteiger partial charge >= 0.3 is 0 Å². The minimum absolute atomic E-state index is 0.0783. The highest BCUT2D eigenvalue weighted by Gasteiger charge is 2.12. The van der Waals surface area contributed by atoms with Crippen LogP contribution in [0.5, 0.6) is 0 Å². The third-order valence-corrected chi connectivity index (χ3v) is 5.87. The lowest BCUT2D eigenvalue weighted by Crippen LogP contribution is -2.10. The Kier molecular flexibility index (Phi) is 3.67.